The van der Waals surface area contributed by atoms with Gasteiger partial charge in [0.25, 0.3) is 5.91 Å². The first-order valence-corrected chi connectivity index (χ1v) is 14.5. The number of piperidine rings is 1. The summed E-state index contributed by atoms with van der Waals surface area (Å²) in [6.07, 6.45) is 1.33. The molecule has 0 saturated carbocycles. The molecule has 41 heavy (non-hydrogen) atoms. The van der Waals surface area contributed by atoms with E-state index in [1.54, 1.807) is 6.07 Å². The van der Waals surface area contributed by atoms with Crippen molar-refractivity contribution >= 4 is 17.5 Å². The van der Waals surface area contributed by atoms with Gasteiger partial charge in [-0.1, -0.05) is 36.4 Å². The molecule has 0 radical (unpaired) electrons. The molecule has 216 valence electrons. The van der Waals surface area contributed by atoms with E-state index in [1.165, 1.54) is 0 Å². The Morgan fingerprint density at radius 1 is 1.02 bits per heavy atom. The van der Waals surface area contributed by atoms with Crippen LogP contribution >= 0.6 is 0 Å². The second kappa shape index (κ2) is 13.2. The molecule has 2 aliphatic heterocycles. The van der Waals surface area contributed by atoms with Crippen molar-refractivity contribution in [2.75, 3.05) is 38.5 Å². The van der Waals surface area contributed by atoms with E-state index in [4.69, 9.17) is 9.47 Å². The Hall–Kier alpha value is -3.88. The maximum absolute atomic E-state index is 13.6. The Kier molecular flexibility index (Phi) is 9.21. The normalized spacial score (nSPS) is 17.6. The zero-order chi connectivity index (χ0) is 28.8. The molecule has 0 aliphatic carbocycles. The highest BCUT2D eigenvalue weighted by Crippen LogP contribution is 2.35. The van der Waals surface area contributed by atoms with Gasteiger partial charge in [-0.15, -0.1) is 0 Å². The lowest BCUT2D eigenvalue weighted by atomic mass is 9.97. The van der Waals surface area contributed by atoms with Gasteiger partial charge >= 0.3 is 0 Å². The number of para-hydroxylation sites is 2. The first-order valence-electron chi connectivity index (χ1n) is 14.5. The Bertz CT molecular complexity index is 1320. The lowest BCUT2D eigenvalue weighted by Crippen LogP contribution is -2.45. The number of likely N-dealkylation sites (N-methyl/N-ethyl adjacent to an activating group) is 1. The smallest absolute Gasteiger partial charge is 0.258 e. The van der Waals surface area contributed by atoms with Crippen molar-refractivity contribution in [1.29, 1.82) is 0 Å². The number of carbonyl (C=O) groups excluding carboxylic acids is 2. The monoisotopic (exact) mass is 556 g/mol. The summed E-state index contributed by atoms with van der Waals surface area (Å²) < 4.78 is 12.5. The van der Waals surface area contributed by atoms with E-state index in [0.29, 0.717) is 36.6 Å². The highest BCUT2D eigenvalue weighted by molar-refractivity contribution is 6.02. The number of hydrogen-bond acceptors (Lipinski definition) is 6. The summed E-state index contributed by atoms with van der Waals surface area (Å²) >= 11 is 0. The maximum Gasteiger partial charge on any atom is 0.258 e. The molecule has 0 spiro atoms. The van der Waals surface area contributed by atoms with Gasteiger partial charge in [0.15, 0.2) is 5.75 Å². The number of amides is 2. The van der Waals surface area contributed by atoms with E-state index in [-0.39, 0.29) is 29.9 Å². The molecule has 1 saturated heterocycles. The van der Waals surface area contributed by atoms with Crippen molar-refractivity contribution in [3.05, 3.63) is 83.9 Å². The second-order valence-electron chi connectivity index (χ2n) is 11.2. The van der Waals surface area contributed by atoms with Gasteiger partial charge in [0, 0.05) is 25.0 Å². The minimum absolute atomic E-state index is 0.00926. The number of nitrogens with zero attached hydrogens (tertiary/aromatic N) is 2. The van der Waals surface area contributed by atoms with Crippen LogP contribution in [0, 0.1) is 5.92 Å². The summed E-state index contributed by atoms with van der Waals surface area (Å²) in [5.41, 5.74) is 2.20. The molecule has 8 nitrogen and oxygen atoms in total. The van der Waals surface area contributed by atoms with Gasteiger partial charge in [-0.25, -0.2) is 0 Å². The molecular weight excluding hydrogens is 516 g/mol. The largest absolute Gasteiger partial charge is 0.484 e. The number of carbonyl (C=O) groups is 2. The highest BCUT2D eigenvalue weighted by atomic mass is 16.5. The summed E-state index contributed by atoms with van der Waals surface area (Å²) in [4.78, 5) is 30.7. The molecule has 1 unspecified atom stereocenters. The Balaban J connectivity index is 1.29. The van der Waals surface area contributed by atoms with E-state index in [2.05, 4.69) is 34.7 Å². The fraction of sp³-hybridized carbons (Fsp3) is 0.394. The fourth-order valence-electron chi connectivity index (χ4n) is 5.46. The van der Waals surface area contributed by atoms with Crippen LogP contribution in [-0.4, -0.2) is 67.0 Å². The zero-order valence-corrected chi connectivity index (χ0v) is 24.1. The number of anilines is 1. The Morgan fingerprint density at radius 2 is 1.73 bits per heavy atom. The van der Waals surface area contributed by atoms with Crippen molar-refractivity contribution < 1.29 is 19.1 Å². The SMILES string of the molecule is CC(C)N1CC(CN(C)Cc2ccc(Oc3ccccc3)cc2)Oc2c(NC(=O)C3CCNCC3)cccc2C1=O. The third-order valence-electron chi connectivity index (χ3n) is 7.65. The van der Waals surface area contributed by atoms with E-state index in [1.807, 2.05) is 73.3 Å². The minimum Gasteiger partial charge on any atom is -0.484 e. The van der Waals surface area contributed by atoms with Crippen LogP contribution in [0.4, 0.5) is 5.69 Å². The summed E-state index contributed by atoms with van der Waals surface area (Å²) in [6, 6.07) is 23.3. The van der Waals surface area contributed by atoms with Crippen LogP contribution in [-0.2, 0) is 11.3 Å². The molecule has 2 aliphatic rings. The molecule has 2 heterocycles. The number of ether oxygens (including phenoxy) is 2. The lowest BCUT2D eigenvalue weighted by Gasteiger charge is -2.30. The molecule has 0 bridgehead atoms. The lowest BCUT2D eigenvalue weighted by molar-refractivity contribution is -0.120. The molecule has 3 aromatic carbocycles. The molecule has 2 N–H and O–H groups in total. The van der Waals surface area contributed by atoms with Crippen LogP contribution in [0.25, 0.3) is 0 Å². The van der Waals surface area contributed by atoms with E-state index >= 15 is 0 Å². The van der Waals surface area contributed by atoms with Crippen molar-refractivity contribution in [1.82, 2.24) is 15.1 Å². The number of nitrogens with one attached hydrogen (secondary N) is 2. The number of benzene rings is 3. The minimum atomic E-state index is -0.273. The van der Waals surface area contributed by atoms with Gasteiger partial charge in [-0.05, 0) is 88.8 Å². The van der Waals surface area contributed by atoms with Crippen molar-refractivity contribution in [2.45, 2.75) is 45.4 Å². The summed E-state index contributed by atoms with van der Waals surface area (Å²) in [5.74, 6) is 1.91. The predicted octanol–water partition coefficient (Wildman–Crippen LogP) is 5.16. The van der Waals surface area contributed by atoms with E-state index < -0.39 is 0 Å². The van der Waals surface area contributed by atoms with Gasteiger partial charge in [0.1, 0.15) is 17.6 Å². The third-order valence-corrected chi connectivity index (χ3v) is 7.65. The Labute approximate surface area is 242 Å². The Morgan fingerprint density at radius 3 is 2.44 bits per heavy atom. The van der Waals surface area contributed by atoms with Gasteiger partial charge in [-0.2, -0.15) is 0 Å². The molecule has 5 rings (SSSR count). The van der Waals surface area contributed by atoms with Crippen LogP contribution in [0.2, 0.25) is 0 Å². The predicted molar refractivity (Wildman–Crippen MR) is 161 cm³/mol. The first kappa shape index (κ1) is 28.6. The van der Waals surface area contributed by atoms with Gasteiger partial charge < -0.3 is 25.0 Å². The van der Waals surface area contributed by atoms with Gasteiger partial charge in [-0.3, -0.25) is 14.5 Å². The fourth-order valence-corrected chi connectivity index (χ4v) is 5.46. The van der Waals surface area contributed by atoms with Crippen molar-refractivity contribution in [3.8, 4) is 17.2 Å². The standard InChI is InChI=1S/C33H40N4O4/c1-23(2)37-22-28(21-36(3)20-24-12-14-27(15-13-24)40-26-8-5-4-6-9-26)41-31-29(33(37)39)10-7-11-30(31)35-32(38)25-16-18-34-19-17-25/h4-15,23,25,28,34H,16-22H2,1-3H3,(H,35,38). The molecule has 1 atom stereocenters. The number of fused-ring (bicyclic) bond motifs is 1. The average molecular weight is 557 g/mol. The van der Waals surface area contributed by atoms with Crippen LogP contribution in [0.1, 0.15) is 42.6 Å². The van der Waals surface area contributed by atoms with Gasteiger partial charge in [0.2, 0.25) is 5.91 Å². The maximum atomic E-state index is 13.6. The van der Waals surface area contributed by atoms with Crippen molar-refractivity contribution in [2.24, 2.45) is 5.92 Å². The van der Waals surface area contributed by atoms with E-state index in [9.17, 15) is 9.59 Å². The molecule has 2 amide bonds. The molecule has 1 fully saturated rings. The molecule has 0 aromatic heterocycles. The zero-order valence-electron chi connectivity index (χ0n) is 24.1. The van der Waals surface area contributed by atoms with E-state index in [0.717, 1.165) is 43.0 Å². The van der Waals surface area contributed by atoms with Crippen LogP contribution in [0.5, 0.6) is 17.2 Å². The number of rotatable bonds is 9. The van der Waals surface area contributed by atoms with Gasteiger partial charge in [0.05, 0.1) is 17.8 Å². The van der Waals surface area contributed by atoms with Crippen LogP contribution < -0.4 is 20.1 Å². The first-order chi connectivity index (χ1) is 19.9. The topological polar surface area (TPSA) is 83.1 Å². The summed E-state index contributed by atoms with van der Waals surface area (Å²) in [6.45, 7) is 7.48. The third kappa shape index (κ3) is 7.26. The quantitative estimate of drug-likeness (QED) is 0.379. The molecule has 8 heteroatoms. The second-order valence-corrected chi connectivity index (χ2v) is 11.2. The van der Waals surface area contributed by atoms with Crippen molar-refractivity contribution in [3.63, 3.8) is 0 Å². The summed E-state index contributed by atoms with van der Waals surface area (Å²) in [7, 11) is 2.05. The molecule has 3 aromatic rings. The molecular formula is C33H40N4O4. The van der Waals surface area contributed by atoms with Crippen LogP contribution in [0.3, 0.4) is 0 Å². The number of hydrogen-bond donors (Lipinski definition) is 2. The average Bonchev–Trinajstić information content (AvgIpc) is 3.12. The van der Waals surface area contributed by atoms with Crippen LogP contribution in [0.15, 0.2) is 72.8 Å². The highest BCUT2D eigenvalue weighted by Gasteiger charge is 2.33. The summed E-state index contributed by atoms with van der Waals surface area (Å²) in [5, 5.41) is 6.38.